The van der Waals surface area contributed by atoms with Gasteiger partial charge in [-0.3, -0.25) is 4.79 Å². The average Bonchev–Trinajstić information content (AvgIpc) is 3.12. The van der Waals surface area contributed by atoms with Crippen molar-refractivity contribution in [3.05, 3.63) is 64.1 Å². The molecule has 0 unspecified atom stereocenters. The number of morpholine rings is 1. The second kappa shape index (κ2) is 8.08. The van der Waals surface area contributed by atoms with Crippen molar-refractivity contribution in [1.82, 2.24) is 19.2 Å². The molecule has 1 aliphatic heterocycles. The molecular weight excluding hydrogens is 408 g/mol. The van der Waals surface area contributed by atoms with Gasteiger partial charge >= 0.3 is 5.69 Å². The standard InChI is InChI=1S/C23H24N6O3/c1-15-6-5-7-16(2)20(15)25-19(30)14-28-23(31)29-18-9-4-3-8-17(18)24-21(22(29)26-28)27-10-12-32-13-11-27/h3-9H,10-14H2,1-2H3,(H,25,30). The Morgan fingerprint density at radius 1 is 1.06 bits per heavy atom. The number of ether oxygens (including phenoxy) is 1. The zero-order chi connectivity index (χ0) is 22.2. The zero-order valence-electron chi connectivity index (χ0n) is 18.0. The van der Waals surface area contributed by atoms with Gasteiger partial charge in [-0.05, 0) is 37.1 Å². The number of hydrogen-bond acceptors (Lipinski definition) is 6. The van der Waals surface area contributed by atoms with Crippen LogP contribution in [0.15, 0.2) is 47.3 Å². The van der Waals surface area contributed by atoms with Crippen LogP contribution in [0.25, 0.3) is 16.7 Å². The predicted molar refractivity (Wildman–Crippen MR) is 122 cm³/mol. The van der Waals surface area contributed by atoms with Crippen LogP contribution in [0.2, 0.25) is 0 Å². The molecule has 164 valence electrons. The number of carbonyl (C=O) groups excluding carboxylic acids is 1. The predicted octanol–water partition coefficient (Wildman–Crippen LogP) is 2.14. The summed E-state index contributed by atoms with van der Waals surface area (Å²) in [4.78, 5) is 33.0. The summed E-state index contributed by atoms with van der Waals surface area (Å²) in [6, 6.07) is 13.3. The van der Waals surface area contributed by atoms with Gasteiger partial charge in [-0.2, -0.15) is 0 Å². The summed E-state index contributed by atoms with van der Waals surface area (Å²) in [6.45, 7) is 6.18. The lowest BCUT2D eigenvalue weighted by Crippen LogP contribution is -2.37. The molecule has 1 saturated heterocycles. The van der Waals surface area contributed by atoms with E-state index in [2.05, 4.69) is 15.3 Å². The van der Waals surface area contributed by atoms with E-state index in [-0.39, 0.29) is 18.1 Å². The summed E-state index contributed by atoms with van der Waals surface area (Å²) < 4.78 is 8.21. The highest BCUT2D eigenvalue weighted by molar-refractivity contribution is 5.92. The van der Waals surface area contributed by atoms with E-state index in [4.69, 9.17) is 9.72 Å². The third-order valence-corrected chi connectivity index (χ3v) is 5.74. The van der Waals surface area contributed by atoms with E-state index in [0.29, 0.717) is 48.8 Å². The van der Waals surface area contributed by atoms with Crippen molar-refractivity contribution in [1.29, 1.82) is 0 Å². The fourth-order valence-electron chi connectivity index (χ4n) is 4.10. The Morgan fingerprint density at radius 3 is 2.53 bits per heavy atom. The third-order valence-electron chi connectivity index (χ3n) is 5.74. The highest BCUT2D eigenvalue weighted by Crippen LogP contribution is 2.23. The molecule has 0 atom stereocenters. The van der Waals surface area contributed by atoms with Gasteiger partial charge in [-0.25, -0.2) is 18.9 Å². The zero-order valence-corrected chi connectivity index (χ0v) is 18.0. The Kier molecular flexibility index (Phi) is 5.10. The molecule has 0 radical (unpaired) electrons. The van der Waals surface area contributed by atoms with Crippen LogP contribution >= 0.6 is 0 Å². The quantitative estimate of drug-likeness (QED) is 0.531. The number of fused-ring (bicyclic) bond motifs is 3. The largest absolute Gasteiger partial charge is 0.378 e. The summed E-state index contributed by atoms with van der Waals surface area (Å²) in [5, 5.41) is 7.45. The molecule has 5 rings (SSSR count). The first-order valence-electron chi connectivity index (χ1n) is 10.6. The first kappa shape index (κ1) is 20.2. The molecule has 4 aromatic rings. The normalized spacial score (nSPS) is 14.2. The molecule has 3 heterocycles. The van der Waals surface area contributed by atoms with Crippen molar-refractivity contribution in [3.63, 3.8) is 0 Å². The Morgan fingerprint density at radius 2 is 1.78 bits per heavy atom. The number of para-hydroxylation sites is 3. The number of benzene rings is 2. The Labute approximate surface area is 184 Å². The highest BCUT2D eigenvalue weighted by Gasteiger charge is 2.22. The van der Waals surface area contributed by atoms with E-state index >= 15 is 0 Å². The molecule has 0 spiro atoms. The topological polar surface area (TPSA) is 93.8 Å². The Bertz CT molecular complexity index is 1360. The second-order valence-electron chi connectivity index (χ2n) is 7.94. The van der Waals surface area contributed by atoms with Gasteiger partial charge in [0, 0.05) is 18.8 Å². The molecule has 32 heavy (non-hydrogen) atoms. The van der Waals surface area contributed by atoms with E-state index in [1.807, 2.05) is 56.3 Å². The highest BCUT2D eigenvalue weighted by atomic mass is 16.5. The summed E-state index contributed by atoms with van der Waals surface area (Å²) in [5.74, 6) is 0.316. The van der Waals surface area contributed by atoms with Crippen molar-refractivity contribution in [2.45, 2.75) is 20.4 Å². The Hall–Kier alpha value is -3.72. The number of aromatic nitrogens is 4. The minimum absolute atomic E-state index is 0.189. The average molecular weight is 432 g/mol. The van der Waals surface area contributed by atoms with Gasteiger partial charge in [0.25, 0.3) is 0 Å². The molecule has 2 aromatic heterocycles. The maximum Gasteiger partial charge on any atom is 0.351 e. The SMILES string of the molecule is Cc1cccc(C)c1NC(=O)Cn1nc2c(N3CCOCC3)nc3ccccc3n2c1=O. The summed E-state index contributed by atoms with van der Waals surface area (Å²) in [6.07, 6.45) is 0. The van der Waals surface area contributed by atoms with Gasteiger partial charge in [0.05, 0.1) is 24.2 Å². The summed E-state index contributed by atoms with van der Waals surface area (Å²) >= 11 is 0. The van der Waals surface area contributed by atoms with Gasteiger partial charge in [0.1, 0.15) is 6.54 Å². The molecule has 1 fully saturated rings. The number of hydrogen-bond donors (Lipinski definition) is 1. The lowest BCUT2D eigenvalue weighted by atomic mass is 10.1. The van der Waals surface area contributed by atoms with Crippen LogP contribution in [0.3, 0.4) is 0 Å². The molecular formula is C23H24N6O3. The number of aryl methyl sites for hydroxylation is 2. The van der Waals surface area contributed by atoms with Crippen LogP contribution < -0.4 is 15.9 Å². The van der Waals surface area contributed by atoms with Crippen molar-refractivity contribution >= 4 is 34.1 Å². The van der Waals surface area contributed by atoms with Crippen molar-refractivity contribution in [2.24, 2.45) is 0 Å². The van der Waals surface area contributed by atoms with Crippen LogP contribution in [-0.4, -0.2) is 51.4 Å². The fourth-order valence-corrected chi connectivity index (χ4v) is 4.10. The van der Waals surface area contributed by atoms with E-state index in [9.17, 15) is 9.59 Å². The van der Waals surface area contributed by atoms with Gasteiger partial charge < -0.3 is 15.0 Å². The number of amides is 1. The molecule has 0 bridgehead atoms. The first-order chi connectivity index (χ1) is 15.5. The lowest BCUT2D eigenvalue weighted by molar-refractivity contribution is -0.117. The molecule has 0 saturated carbocycles. The van der Waals surface area contributed by atoms with Crippen molar-refractivity contribution < 1.29 is 9.53 Å². The van der Waals surface area contributed by atoms with E-state index < -0.39 is 0 Å². The first-order valence-corrected chi connectivity index (χ1v) is 10.6. The van der Waals surface area contributed by atoms with E-state index in [1.165, 1.54) is 4.68 Å². The number of carbonyl (C=O) groups is 1. The fraction of sp³-hybridized carbons (Fsp3) is 0.304. The van der Waals surface area contributed by atoms with Crippen LogP contribution in [0.4, 0.5) is 11.5 Å². The lowest BCUT2D eigenvalue weighted by Gasteiger charge is -2.27. The molecule has 9 nitrogen and oxygen atoms in total. The molecule has 1 amide bonds. The Balaban J connectivity index is 1.57. The minimum Gasteiger partial charge on any atom is -0.378 e. The summed E-state index contributed by atoms with van der Waals surface area (Å²) in [7, 11) is 0. The van der Waals surface area contributed by atoms with Crippen LogP contribution in [0.1, 0.15) is 11.1 Å². The van der Waals surface area contributed by atoms with Gasteiger partial charge in [0.15, 0.2) is 5.82 Å². The molecule has 1 aliphatic rings. The van der Waals surface area contributed by atoms with E-state index in [1.54, 1.807) is 4.40 Å². The monoisotopic (exact) mass is 432 g/mol. The maximum absolute atomic E-state index is 13.3. The summed E-state index contributed by atoms with van der Waals surface area (Å²) in [5.41, 5.74) is 4.11. The van der Waals surface area contributed by atoms with Crippen LogP contribution in [-0.2, 0) is 16.1 Å². The van der Waals surface area contributed by atoms with Gasteiger partial charge in [0.2, 0.25) is 11.6 Å². The molecule has 0 aliphatic carbocycles. The number of nitrogens with zero attached hydrogens (tertiary/aromatic N) is 5. The second-order valence-corrected chi connectivity index (χ2v) is 7.94. The van der Waals surface area contributed by atoms with Gasteiger partial charge in [-0.15, -0.1) is 5.10 Å². The smallest absolute Gasteiger partial charge is 0.351 e. The number of nitrogens with one attached hydrogen (secondary N) is 1. The molecule has 9 heteroatoms. The van der Waals surface area contributed by atoms with Crippen LogP contribution in [0, 0.1) is 13.8 Å². The van der Waals surface area contributed by atoms with Crippen molar-refractivity contribution in [3.8, 4) is 0 Å². The van der Waals surface area contributed by atoms with Gasteiger partial charge in [-0.1, -0.05) is 30.3 Å². The molecule has 2 aromatic carbocycles. The van der Waals surface area contributed by atoms with Crippen LogP contribution in [0.5, 0.6) is 0 Å². The van der Waals surface area contributed by atoms with E-state index in [0.717, 1.165) is 16.8 Å². The molecule has 1 N–H and O–H groups in total. The number of rotatable bonds is 4. The maximum atomic E-state index is 13.3. The third kappa shape index (κ3) is 3.50. The number of anilines is 2. The van der Waals surface area contributed by atoms with Crippen molar-refractivity contribution in [2.75, 3.05) is 36.5 Å². The minimum atomic E-state index is -0.371.